The zero-order valence-electron chi connectivity index (χ0n) is 16.5. The average molecular weight is 373 g/mol. The van der Waals surface area contributed by atoms with Crippen LogP contribution in [0.15, 0.2) is 30.3 Å². The Morgan fingerprint density at radius 1 is 1.26 bits per heavy atom. The molecule has 2 saturated heterocycles. The number of ether oxygens (including phenoxy) is 1. The predicted octanol–water partition coefficient (Wildman–Crippen LogP) is 1.87. The number of hydrogen-bond donors (Lipinski definition) is 2. The van der Waals surface area contributed by atoms with Crippen molar-refractivity contribution in [1.29, 1.82) is 0 Å². The van der Waals surface area contributed by atoms with Crippen molar-refractivity contribution in [2.24, 2.45) is 5.92 Å². The summed E-state index contributed by atoms with van der Waals surface area (Å²) in [6.07, 6.45) is 1.68. The maximum Gasteiger partial charge on any atom is 0.251 e. The molecule has 0 aromatic heterocycles. The Labute approximate surface area is 161 Å². The van der Waals surface area contributed by atoms with Crippen LogP contribution in [-0.2, 0) is 14.3 Å². The lowest BCUT2D eigenvalue weighted by Gasteiger charge is -2.43. The minimum Gasteiger partial charge on any atom is -0.356 e. The molecule has 0 saturated carbocycles. The fourth-order valence-corrected chi connectivity index (χ4v) is 3.83. The van der Waals surface area contributed by atoms with Crippen molar-refractivity contribution < 1.29 is 14.3 Å². The van der Waals surface area contributed by atoms with E-state index in [9.17, 15) is 9.59 Å². The van der Waals surface area contributed by atoms with Gasteiger partial charge in [-0.15, -0.1) is 0 Å². The van der Waals surface area contributed by atoms with Crippen LogP contribution in [0.1, 0.15) is 45.2 Å². The van der Waals surface area contributed by atoms with Crippen LogP contribution in [0, 0.1) is 5.92 Å². The summed E-state index contributed by atoms with van der Waals surface area (Å²) in [6, 6.07) is 9.03. The highest BCUT2D eigenvalue weighted by Gasteiger charge is 2.37. The highest BCUT2D eigenvalue weighted by atomic mass is 16.5. The van der Waals surface area contributed by atoms with Gasteiger partial charge in [-0.1, -0.05) is 37.3 Å². The Morgan fingerprint density at radius 2 is 1.93 bits per heavy atom. The number of nitrogens with one attached hydrogen (secondary N) is 2. The van der Waals surface area contributed by atoms with Gasteiger partial charge in [-0.25, -0.2) is 0 Å². The topological polar surface area (TPSA) is 70.7 Å². The van der Waals surface area contributed by atoms with Gasteiger partial charge in [-0.05, 0) is 51.3 Å². The second-order valence-corrected chi connectivity index (χ2v) is 8.39. The number of morpholine rings is 1. The molecular formula is C21H31N3O3. The van der Waals surface area contributed by atoms with Crippen LogP contribution < -0.4 is 10.6 Å². The maximum absolute atomic E-state index is 12.9. The van der Waals surface area contributed by atoms with E-state index in [0.29, 0.717) is 6.54 Å². The SMILES string of the molecule is CC1CCN(C(C)(C)CNC(=O)[C@H]2OCC(=O)N[C@@H]2c2ccccc2)CC1. The number of nitrogens with zero attached hydrogens (tertiary/aromatic N) is 1. The zero-order chi connectivity index (χ0) is 19.4. The molecule has 27 heavy (non-hydrogen) atoms. The van der Waals surface area contributed by atoms with Gasteiger partial charge in [0.15, 0.2) is 6.10 Å². The Morgan fingerprint density at radius 3 is 2.59 bits per heavy atom. The first-order valence-corrected chi connectivity index (χ1v) is 9.85. The molecule has 1 aromatic rings. The largest absolute Gasteiger partial charge is 0.356 e. The summed E-state index contributed by atoms with van der Waals surface area (Å²) in [6.45, 7) is 9.22. The van der Waals surface area contributed by atoms with Crippen molar-refractivity contribution in [1.82, 2.24) is 15.5 Å². The highest BCUT2D eigenvalue weighted by Crippen LogP contribution is 2.25. The predicted molar refractivity (Wildman–Crippen MR) is 104 cm³/mol. The van der Waals surface area contributed by atoms with Crippen LogP contribution >= 0.6 is 0 Å². The second kappa shape index (κ2) is 8.40. The Bertz CT molecular complexity index is 654. The molecule has 0 spiro atoms. The molecule has 0 radical (unpaired) electrons. The fourth-order valence-electron chi connectivity index (χ4n) is 3.83. The smallest absolute Gasteiger partial charge is 0.251 e. The van der Waals surface area contributed by atoms with Crippen LogP contribution in [0.2, 0.25) is 0 Å². The molecule has 1 aromatic carbocycles. The summed E-state index contributed by atoms with van der Waals surface area (Å²) in [5.74, 6) is 0.399. The summed E-state index contributed by atoms with van der Waals surface area (Å²) in [7, 11) is 0. The number of amides is 2. The average Bonchev–Trinajstić information content (AvgIpc) is 2.67. The van der Waals surface area contributed by atoms with Gasteiger partial charge >= 0.3 is 0 Å². The molecule has 0 bridgehead atoms. The molecule has 2 fully saturated rings. The number of carbonyl (C=O) groups is 2. The molecule has 2 amide bonds. The molecule has 2 aliphatic rings. The quantitative estimate of drug-likeness (QED) is 0.827. The maximum atomic E-state index is 12.9. The molecule has 3 rings (SSSR count). The molecular weight excluding hydrogens is 342 g/mol. The van der Waals surface area contributed by atoms with Crippen molar-refractivity contribution in [3.63, 3.8) is 0 Å². The molecule has 2 aliphatic heterocycles. The molecule has 0 unspecified atom stereocenters. The van der Waals surface area contributed by atoms with Gasteiger partial charge in [0.1, 0.15) is 6.61 Å². The minimum absolute atomic E-state index is 0.0885. The van der Waals surface area contributed by atoms with E-state index in [2.05, 4.69) is 36.3 Å². The van der Waals surface area contributed by atoms with Crippen LogP contribution in [0.4, 0.5) is 0 Å². The number of hydrogen-bond acceptors (Lipinski definition) is 4. The van der Waals surface area contributed by atoms with E-state index in [-0.39, 0.29) is 24.0 Å². The Hall–Kier alpha value is -1.92. The summed E-state index contributed by atoms with van der Waals surface area (Å²) in [5.41, 5.74) is 0.755. The number of carbonyl (C=O) groups excluding carboxylic acids is 2. The van der Waals surface area contributed by atoms with Crippen molar-refractivity contribution in [3.05, 3.63) is 35.9 Å². The zero-order valence-corrected chi connectivity index (χ0v) is 16.5. The standard InChI is InChI=1S/C21H31N3O3/c1-15-9-11-24(12-10-15)21(2,3)14-22-20(26)19-18(23-17(25)13-27-19)16-7-5-4-6-8-16/h4-8,15,18-19H,9-14H2,1-3H3,(H,22,26)(H,23,25)/t18-,19+/m1/s1. The summed E-state index contributed by atoms with van der Waals surface area (Å²) in [4.78, 5) is 27.1. The third kappa shape index (κ3) is 4.87. The van der Waals surface area contributed by atoms with Crippen LogP contribution in [0.25, 0.3) is 0 Å². The molecule has 6 heteroatoms. The van der Waals surface area contributed by atoms with Crippen molar-refractivity contribution >= 4 is 11.8 Å². The van der Waals surface area contributed by atoms with E-state index in [1.807, 2.05) is 30.3 Å². The summed E-state index contributed by atoms with van der Waals surface area (Å²) >= 11 is 0. The summed E-state index contributed by atoms with van der Waals surface area (Å²) < 4.78 is 5.61. The van der Waals surface area contributed by atoms with Gasteiger partial charge in [0.05, 0.1) is 6.04 Å². The first-order chi connectivity index (χ1) is 12.9. The lowest BCUT2D eigenvalue weighted by atomic mass is 9.93. The Kier molecular flexibility index (Phi) is 6.17. The Balaban J connectivity index is 1.62. The first-order valence-electron chi connectivity index (χ1n) is 9.85. The number of likely N-dealkylation sites (tertiary alicyclic amines) is 1. The fraction of sp³-hybridized carbons (Fsp3) is 0.619. The monoisotopic (exact) mass is 373 g/mol. The normalized spacial score (nSPS) is 25.1. The lowest BCUT2D eigenvalue weighted by molar-refractivity contribution is -0.148. The van der Waals surface area contributed by atoms with E-state index in [0.717, 1.165) is 24.6 Å². The molecule has 148 valence electrons. The number of benzene rings is 1. The van der Waals surface area contributed by atoms with Gasteiger partial charge < -0.3 is 15.4 Å². The number of rotatable bonds is 5. The summed E-state index contributed by atoms with van der Waals surface area (Å²) in [5, 5.41) is 5.95. The van der Waals surface area contributed by atoms with Gasteiger partial charge in [0, 0.05) is 12.1 Å². The van der Waals surface area contributed by atoms with Crippen LogP contribution in [0.3, 0.4) is 0 Å². The molecule has 2 atom stereocenters. The molecule has 0 aliphatic carbocycles. The first kappa shape index (κ1) is 19.8. The van der Waals surface area contributed by atoms with E-state index in [1.165, 1.54) is 12.8 Å². The van der Waals surface area contributed by atoms with Crippen LogP contribution in [-0.4, -0.2) is 54.6 Å². The lowest BCUT2D eigenvalue weighted by Crippen LogP contribution is -2.57. The second-order valence-electron chi connectivity index (χ2n) is 8.39. The van der Waals surface area contributed by atoms with Crippen molar-refractivity contribution in [3.8, 4) is 0 Å². The molecule has 2 N–H and O–H groups in total. The van der Waals surface area contributed by atoms with Gasteiger partial charge in [-0.2, -0.15) is 0 Å². The van der Waals surface area contributed by atoms with Gasteiger partial charge in [-0.3, -0.25) is 14.5 Å². The number of piperidine rings is 1. The van der Waals surface area contributed by atoms with E-state index in [1.54, 1.807) is 0 Å². The molecule has 2 heterocycles. The van der Waals surface area contributed by atoms with Crippen molar-refractivity contribution in [2.75, 3.05) is 26.2 Å². The van der Waals surface area contributed by atoms with E-state index < -0.39 is 12.1 Å². The van der Waals surface area contributed by atoms with Gasteiger partial charge in [0.2, 0.25) is 5.91 Å². The third-order valence-corrected chi connectivity index (χ3v) is 5.77. The minimum atomic E-state index is -0.720. The van der Waals surface area contributed by atoms with Crippen molar-refractivity contribution in [2.45, 2.75) is 51.3 Å². The van der Waals surface area contributed by atoms with Crippen LogP contribution in [0.5, 0.6) is 0 Å². The molecule has 6 nitrogen and oxygen atoms in total. The van der Waals surface area contributed by atoms with Gasteiger partial charge in [0.25, 0.3) is 5.91 Å². The van der Waals surface area contributed by atoms with E-state index >= 15 is 0 Å². The van der Waals surface area contributed by atoms with E-state index in [4.69, 9.17) is 4.74 Å². The third-order valence-electron chi connectivity index (χ3n) is 5.77. The highest BCUT2D eigenvalue weighted by molar-refractivity contribution is 5.86.